The first-order valence-electron chi connectivity index (χ1n) is 9.22. The van der Waals surface area contributed by atoms with Crippen LogP contribution >= 0.6 is 11.3 Å². The molecule has 0 aliphatic rings. The Hall–Kier alpha value is -2.76. The smallest absolute Gasteiger partial charge is 0.245 e. The van der Waals surface area contributed by atoms with E-state index in [1.54, 1.807) is 25.5 Å². The van der Waals surface area contributed by atoms with Gasteiger partial charge in [0.2, 0.25) is 15.0 Å². The molecule has 0 aliphatic heterocycles. The molecule has 0 spiro atoms. The molecule has 0 saturated carbocycles. The summed E-state index contributed by atoms with van der Waals surface area (Å²) in [5.74, 6) is 1.69. The van der Waals surface area contributed by atoms with Gasteiger partial charge in [-0.15, -0.1) is 5.10 Å². The number of nitrogens with one attached hydrogen (secondary N) is 1. The van der Waals surface area contributed by atoms with E-state index in [2.05, 4.69) is 20.0 Å². The zero-order chi connectivity index (χ0) is 21.5. The molecule has 0 fully saturated rings. The fraction of sp³-hybridized carbons (Fsp3) is 0.316. The van der Waals surface area contributed by atoms with Gasteiger partial charge in [0.05, 0.1) is 12.8 Å². The predicted molar refractivity (Wildman–Crippen MR) is 112 cm³/mol. The van der Waals surface area contributed by atoms with Crippen LogP contribution < -0.4 is 9.46 Å². The van der Waals surface area contributed by atoms with Crippen LogP contribution in [0.4, 0.5) is 0 Å². The highest BCUT2D eigenvalue weighted by molar-refractivity contribution is 7.89. The predicted octanol–water partition coefficient (Wildman–Crippen LogP) is 2.90. The van der Waals surface area contributed by atoms with Gasteiger partial charge in [0.25, 0.3) is 0 Å². The van der Waals surface area contributed by atoms with Gasteiger partial charge >= 0.3 is 0 Å². The molecule has 0 atom stereocenters. The third-order valence-electron chi connectivity index (χ3n) is 4.74. The molecule has 0 saturated heterocycles. The maximum absolute atomic E-state index is 12.5. The summed E-state index contributed by atoms with van der Waals surface area (Å²) in [7, 11) is -2.05. The lowest BCUT2D eigenvalue weighted by molar-refractivity contribution is 0.390. The summed E-state index contributed by atoms with van der Waals surface area (Å²) in [6.45, 7) is 5.39. The summed E-state index contributed by atoms with van der Waals surface area (Å²) in [6.07, 6.45) is 0.530. The fourth-order valence-corrected chi connectivity index (χ4v) is 5.62. The monoisotopic (exact) mass is 447 g/mol. The number of hydrogen-bond acceptors (Lipinski definition) is 8. The van der Waals surface area contributed by atoms with E-state index >= 15 is 0 Å². The molecule has 11 heteroatoms. The maximum atomic E-state index is 12.5. The van der Waals surface area contributed by atoms with E-state index in [4.69, 9.17) is 9.26 Å². The Bertz CT molecular complexity index is 1280. The molecular formula is C19H21N5O4S2. The Balaban J connectivity index is 1.49. The average Bonchev–Trinajstić information content (AvgIpc) is 3.37. The minimum atomic E-state index is -3.68. The van der Waals surface area contributed by atoms with Crippen LogP contribution in [0.1, 0.15) is 22.0 Å². The highest BCUT2D eigenvalue weighted by Crippen LogP contribution is 2.26. The molecule has 9 nitrogen and oxygen atoms in total. The van der Waals surface area contributed by atoms with Crippen molar-refractivity contribution in [1.82, 2.24) is 24.5 Å². The maximum Gasteiger partial charge on any atom is 0.245 e. The summed E-state index contributed by atoms with van der Waals surface area (Å²) >= 11 is 1.50. The quantitative estimate of drug-likeness (QED) is 0.464. The molecule has 0 aliphatic carbocycles. The van der Waals surface area contributed by atoms with Crippen molar-refractivity contribution >= 4 is 26.3 Å². The fourth-order valence-electron chi connectivity index (χ4n) is 3.21. The first-order valence-corrected chi connectivity index (χ1v) is 11.5. The van der Waals surface area contributed by atoms with Gasteiger partial charge in [0, 0.05) is 17.0 Å². The lowest BCUT2D eigenvalue weighted by Crippen LogP contribution is -2.26. The van der Waals surface area contributed by atoms with Gasteiger partial charge in [-0.3, -0.25) is 0 Å². The standard InChI is InChI=1S/C19H21N5O4S2/c1-11-17(13(3)28-23-11)30(25,26)20-10-9-16-12(2)24-19(29-16)21-18(22-24)14-5-7-15(27-4)8-6-14/h5-8,20H,9-10H2,1-4H3. The highest BCUT2D eigenvalue weighted by Gasteiger charge is 2.24. The van der Waals surface area contributed by atoms with Crippen LogP contribution in [0.2, 0.25) is 0 Å². The minimum absolute atomic E-state index is 0.103. The van der Waals surface area contributed by atoms with Crippen LogP contribution in [0.25, 0.3) is 16.3 Å². The van der Waals surface area contributed by atoms with Crippen LogP contribution in [-0.2, 0) is 16.4 Å². The Morgan fingerprint density at radius 2 is 1.93 bits per heavy atom. The highest BCUT2D eigenvalue weighted by atomic mass is 32.2. The van der Waals surface area contributed by atoms with Crippen molar-refractivity contribution in [2.45, 2.75) is 32.1 Å². The SMILES string of the molecule is COc1ccc(-c2nc3sc(CCNS(=O)(=O)c4c(C)noc4C)c(C)n3n2)cc1. The van der Waals surface area contributed by atoms with Gasteiger partial charge in [-0.1, -0.05) is 16.5 Å². The summed E-state index contributed by atoms with van der Waals surface area (Å²) in [5.41, 5.74) is 2.19. The molecule has 0 radical (unpaired) electrons. The topological polar surface area (TPSA) is 112 Å². The van der Waals surface area contributed by atoms with Crippen LogP contribution in [0.15, 0.2) is 33.7 Å². The van der Waals surface area contributed by atoms with Crippen molar-refractivity contribution in [2.75, 3.05) is 13.7 Å². The van der Waals surface area contributed by atoms with Crippen molar-refractivity contribution in [3.8, 4) is 17.1 Å². The summed E-state index contributed by atoms with van der Waals surface area (Å²) in [6, 6.07) is 7.57. The first kappa shape index (κ1) is 20.5. The van der Waals surface area contributed by atoms with E-state index in [1.165, 1.54) is 11.3 Å². The zero-order valence-corrected chi connectivity index (χ0v) is 18.6. The number of sulfonamides is 1. The molecule has 1 N–H and O–H groups in total. The molecule has 0 bridgehead atoms. The van der Waals surface area contributed by atoms with Gasteiger partial charge in [-0.2, -0.15) is 4.98 Å². The average molecular weight is 448 g/mol. The van der Waals surface area contributed by atoms with Gasteiger partial charge in [-0.05, 0) is 51.5 Å². The van der Waals surface area contributed by atoms with Crippen LogP contribution in [0, 0.1) is 20.8 Å². The van der Waals surface area contributed by atoms with Gasteiger partial charge in [0.1, 0.15) is 16.3 Å². The van der Waals surface area contributed by atoms with Crippen LogP contribution in [0.5, 0.6) is 5.75 Å². The molecule has 0 unspecified atom stereocenters. The first-order chi connectivity index (χ1) is 14.3. The van der Waals surface area contributed by atoms with E-state index in [0.29, 0.717) is 17.9 Å². The Labute approximate surface area is 177 Å². The molecule has 30 heavy (non-hydrogen) atoms. The summed E-state index contributed by atoms with van der Waals surface area (Å²) in [4.78, 5) is 6.50. The van der Waals surface area contributed by atoms with E-state index in [-0.39, 0.29) is 17.2 Å². The number of fused-ring (bicyclic) bond motifs is 1. The van der Waals surface area contributed by atoms with Crippen LogP contribution in [-0.4, -0.2) is 41.8 Å². The molecule has 3 aromatic heterocycles. The van der Waals surface area contributed by atoms with Crippen molar-refractivity contribution in [3.63, 3.8) is 0 Å². The van der Waals surface area contributed by atoms with E-state index in [9.17, 15) is 8.42 Å². The summed E-state index contributed by atoms with van der Waals surface area (Å²) in [5, 5.41) is 8.30. The normalized spacial score (nSPS) is 12.0. The molecule has 158 valence electrons. The Morgan fingerprint density at radius 1 is 1.20 bits per heavy atom. The number of thiazole rings is 1. The number of hydrogen-bond donors (Lipinski definition) is 1. The number of aromatic nitrogens is 4. The van der Waals surface area contributed by atoms with Gasteiger partial charge in [0.15, 0.2) is 11.6 Å². The van der Waals surface area contributed by atoms with Gasteiger partial charge in [-0.25, -0.2) is 17.7 Å². The van der Waals surface area contributed by atoms with Crippen molar-refractivity contribution < 1.29 is 17.7 Å². The Kier molecular flexibility index (Phi) is 5.35. The second-order valence-electron chi connectivity index (χ2n) is 6.77. The van der Waals surface area contributed by atoms with Crippen molar-refractivity contribution in [1.29, 1.82) is 0 Å². The number of methoxy groups -OCH3 is 1. The molecule has 3 heterocycles. The number of aryl methyl sites for hydroxylation is 3. The Morgan fingerprint density at radius 3 is 2.53 bits per heavy atom. The lowest BCUT2D eigenvalue weighted by Gasteiger charge is -2.05. The van der Waals surface area contributed by atoms with Crippen molar-refractivity contribution in [3.05, 3.63) is 46.3 Å². The second kappa shape index (κ2) is 7.82. The third-order valence-corrected chi connectivity index (χ3v) is 7.64. The number of nitrogens with zero attached hydrogens (tertiary/aromatic N) is 4. The second-order valence-corrected chi connectivity index (χ2v) is 9.54. The van der Waals surface area contributed by atoms with E-state index in [0.717, 1.165) is 26.8 Å². The number of rotatable bonds is 7. The van der Waals surface area contributed by atoms with E-state index < -0.39 is 10.0 Å². The number of benzene rings is 1. The molecule has 1 aromatic carbocycles. The molecule has 4 aromatic rings. The van der Waals surface area contributed by atoms with Crippen LogP contribution in [0.3, 0.4) is 0 Å². The molecule has 0 amide bonds. The van der Waals surface area contributed by atoms with E-state index in [1.807, 2.05) is 31.2 Å². The zero-order valence-electron chi connectivity index (χ0n) is 17.0. The number of ether oxygens (including phenoxy) is 1. The molecule has 4 rings (SSSR count). The largest absolute Gasteiger partial charge is 0.497 e. The summed E-state index contributed by atoms with van der Waals surface area (Å²) < 4.78 is 39.6. The third kappa shape index (κ3) is 3.71. The van der Waals surface area contributed by atoms with Crippen molar-refractivity contribution in [2.24, 2.45) is 0 Å². The molecular weight excluding hydrogens is 426 g/mol. The minimum Gasteiger partial charge on any atom is -0.497 e. The van der Waals surface area contributed by atoms with Gasteiger partial charge < -0.3 is 9.26 Å². The lowest BCUT2D eigenvalue weighted by atomic mass is 10.2.